The van der Waals surface area contributed by atoms with Gasteiger partial charge in [0, 0.05) is 23.9 Å². The van der Waals surface area contributed by atoms with Crippen molar-refractivity contribution in [2.75, 3.05) is 6.54 Å². The number of benzene rings is 2. The minimum Gasteiger partial charge on any atom is -0.481 e. The topological polar surface area (TPSA) is 137 Å². The molecular weight excluding hydrogens is 530 g/mol. The van der Waals surface area contributed by atoms with Gasteiger partial charge in [0.2, 0.25) is 0 Å². The smallest absolute Gasteiger partial charge is 0.305 e. The summed E-state index contributed by atoms with van der Waals surface area (Å²) in [6.07, 6.45) is 8.02. The number of hydrogen-bond donors (Lipinski definition) is 3. The number of carbonyl (C=O) groups is 3. The molecule has 1 fully saturated rings. The Kier molecular flexibility index (Phi) is 9.29. The van der Waals surface area contributed by atoms with Crippen LogP contribution in [-0.4, -0.2) is 51.9 Å². The van der Waals surface area contributed by atoms with Gasteiger partial charge in [-0.15, -0.1) is 0 Å². The van der Waals surface area contributed by atoms with Crippen LogP contribution >= 0.6 is 0 Å². The first-order chi connectivity index (χ1) is 19.9. The van der Waals surface area contributed by atoms with Gasteiger partial charge in [0.15, 0.2) is 0 Å². The van der Waals surface area contributed by atoms with Crippen LogP contribution in [0.3, 0.4) is 0 Å². The van der Waals surface area contributed by atoms with Gasteiger partial charge < -0.3 is 21.1 Å². The summed E-state index contributed by atoms with van der Waals surface area (Å²) in [7, 11) is 0. The van der Waals surface area contributed by atoms with Gasteiger partial charge >= 0.3 is 5.97 Å². The highest BCUT2D eigenvalue weighted by molar-refractivity contribution is 6.47. The molecule has 2 aromatic carbocycles. The molecule has 222 valence electrons. The van der Waals surface area contributed by atoms with Crippen molar-refractivity contribution in [1.29, 1.82) is 0 Å². The molecule has 0 unspecified atom stereocenters. The number of carboxylic acids is 1. The number of carboxylic acid groups (broad SMARTS) is 1. The van der Waals surface area contributed by atoms with E-state index in [2.05, 4.69) is 31.1 Å². The van der Waals surface area contributed by atoms with Crippen molar-refractivity contribution in [2.45, 2.75) is 71.5 Å². The van der Waals surface area contributed by atoms with E-state index in [0.29, 0.717) is 22.9 Å². The van der Waals surface area contributed by atoms with E-state index < -0.39 is 11.6 Å². The Balaban J connectivity index is 1.63. The van der Waals surface area contributed by atoms with Crippen LogP contribution in [0.5, 0.6) is 0 Å². The Morgan fingerprint density at radius 3 is 2.50 bits per heavy atom. The molecule has 0 bridgehead atoms. The first kappa shape index (κ1) is 30.7. The van der Waals surface area contributed by atoms with Crippen LogP contribution in [0.25, 0.3) is 0 Å². The molecule has 9 heteroatoms. The molecular formula is C33H41N5O4. The average Bonchev–Trinajstić information content (AvgIpc) is 3.23. The van der Waals surface area contributed by atoms with Crippen molar-refractivity contribution >= 4 is 35.4 Å². The van der Waals surface area contributed by atoms with E-state index in [-0.39, 0.29) is 36.2 Å². The van der Waals surface area contributed by atoms with Gasteiger partial charge in [-0.25, -0.2) is 0 Å². The van der Waals surface area contributed by atoms with E-state index in [0.717, 1.165) is 36.8 Å². The predicted molar refractivity (Wildman–Crippen MR) is 165 cm³/mol. The molecule has 0 radical (unpaired) electrons. The molecule has 2 aliphatic rings. The van der Waals surface area contributed by atoms with Gasteiger partial charge in [0.1, 0.15) is 11.4 Å². The largest absolute Gasteiger partial charge is 0.481 e. The molecule has 2 aromatic rings. The van der Waals surface area contributed by atoms with Crippen LogP contribution in [0.15, 0.2) is 70.8 Å². The van der Waals surface area contributed by atoms with Gasteiger partial charge in [-0.3, -0.25) is 24.4 Å². The quantitative estimate of drug-likeness (QED) is 0.347. The van der Waals surface area contributed by atoms with Gasteiger partial charge in [-0.05, 0) is 86.0 Å². The standard InChI is InChI=1S/C33H41N5O4/c1-22(23-9-11-24(12-10-23)30(41)36-20-15-28(39)40)38-31(42)29(25-7-5-8-27(21-25)35-19-6-18-34)37-33(38)16-13-26(14-17-33)32(2,3)4/h5-12,18-19,21-22,26H,13-17,20,34H2,1-4H3,(H,36,41)(H,39,40)/t22-,26?,33?/m1/s1. The van der Waals surface area contributed by atoms with E-state index in [9.17, 15) is 14.4 Å². The molecule has 1 heterocycles. The highest BCUT2D eigenvalue weighted by Gasteiger charge is 2.51. The van der Waals surface area contributed by atoms with E-state index in [1.807, 2.05) is 48.2 Å². The third-order valence-corrected chi connectivity index (χ3v) is 8.41. The fourth-order valence-electron chi connectivity index (χ4n) is 6.00. The Morgan fingerprint density at radius 1 is 1.19 bits per heavy atom. The monoisotopic (exact) mass is 571 g/mol. The number of rotatable bonds is 9. The van der Waals surface area contributed by atoms with Crippen molar-refractivity contribution in [1.82, 2.24) is 10.2 Å². The number of nitrogens with zero attached hydrogens (tertiary/aromatic N) is 3. The molecule has 4 N–H and O–H groups in total. The van der Waals surface area contributed by atoms with E-state index in [1.165, 1.54) is 6.20 Å². The summed E-state index contributed by atoms with van der Waals surface area (Å²) in [6, 6.07) is 14.4. The third-order valence-electron chi connectivity index (χ3n) is 8.41. The SMILES string of the molecule is C[C@H](c1ccc(C(=O)NCCC(=O)O)cc1)N1C(=O)C(c2cccc(N=CC=CN)c2)=NC12CCC(C(C)(C)C)CC2. The first-order valence-corrected chi connectivity index (χ1v) is 14.5. The Hall–Kier alpha value is -4.27. The lowest BCUT2D eigenvalue weighted by Crippen LogP contribution is -2.50. The van der Waals surface area contributed by atoms with Gasteiger partial charge in [0.05, 0.1) is 18.2 Å². The molecule has 9 nitrogen and oxygen atoms in total. The average molecular weight is 572 g/mol. The summed E-state index contributed by atoms with van der Waals surface area (Å²) in [4.78, 5) is 49.0. The van der Waals surface area contributed by atoms with Crippen molar-refractivity contribution in [2.24, 2.45) is 27.1 Å². The summed E-state index contributed by atoms with van der Waals surface area (Å²) in [5, 5.41) is 11.4. The number of carbonyl (C=O) groups excluding carboxylic acids is 2. The van der Waals surface area contributed by atoms with Crippen molar-refractivity contribution in [3.05, 3.63) is 77.5 Å². The Labute approximate surface area is 247 Å². The number of hydrogen-bond acceptors (Lipinski definition) is 6. The van der Waals surface area contributed by atoms with Crippen molar-refractivity contribution in [3.63, 3.8) is 0 Å². The maximum absolute atomic E-state index is 14.2. The molecule has 1 saturated carbocycles. The predicted octanol–water partition coefficient (Wildman–Crippen LogP) is 5.39. The molecule has 4 rings (SSSR count). The molecule has 2 amide bonds. The lowest BCUT2D eigenvalue weighted by molar-refractivity contribution is -0.137. The van der Waals surface area contributed by atoms with Crippen LogP contribution in [0.2, 0.25) is 0 Å². The zero-order chi connectivity index (χ0) is 30.5. The fourth-order valence-corrected chi connectivity index (χ4v) is 6.00. The van der Waals surface area contributed by atoms with Crippen LogP contribution in [0.1, 0.15) is 87.3 Å². The zero-order valence-electron chi connectivity index (χ0n) is 24.8. The summed E-state index contributed by atoms with van der Waals surface area (Å²) in [5.74, 6) is -0.873. The van der Waals surface area contributed by atoms with Gasteiger partial charge in [-0.2, -0.15) is 0 Å². The maximum Gasteiger partial charge on any atom is 0.305 e. The van der Waals surface area contributed by atoms with Crippen LogP contribution < -0.4 is 11.1 Å². The lowest BCUT2D eigenvalue weighted by Gasteiger charge is -2.46. The number of allylic oxidation sites excluding steroid dienone is 1. The Morgan fingerprint density at radius 2 is 1.88 bits per heavy atom. The molecule has 0 aromatic heterocycles. The minimum absolute atomic E-state index is 0.0586. The normalized spacial score (nSPS) is 21.7. The molecule has 1 aliphatic carbocycles. The zero-order valence-corrected chi connectivity index (χ0v) is 24.8. The second kappa shape index (κ2) is 12.7. The molecule has 42 heavy (non-hydrogen) atoms. The second-order valence-electron chi connectivity index (χ2n) is 12.2. The number of aliphatic carboxylic acids is 1. The summed E-state index contributed by atoms with van der Waals surface area (Å²) in [5.41, 5.74) is 8.15. The highest BCUT2D eigenvalue weighted by Crippen LogP contribution is 2.49. The van der Waals surface area contributed by atoms with E-state index in [1.54, 1.807) is 24.4 Å². The molecule has 0 saturated heterocycles. The summed E-state index contributed by atoms with van der Waals surface area (Å²) < 4.78 is 0. The highest BCUT2D eigenvalue weighted by atomic mass is 16.4. The minimum atomic E-state index is -0.968. The number of nitrogens with two attached hydrogens (primary N) is 1. The summed E-state index contributed by atoms with van der Waals surface area (Å²) in [6.45, 7) is 8.89. The Bertz CT molecular complexity index is 1400. The van der Waals surface area contributed by atoms with Crippen LogP contribution in [0, 0.1) is 11.3 Å². The number of amides is 2. The first-order valence-electron chi connectivity index (χ1n) is 14.5. The van der Waals surface area contributed by atoms with E-state index >= 15 is 0 Å². The van der Waals surface area contributed by atoms with Crippen LogP contribution in [0.4, 0.5) is 5.69 Å². The second-order valence-corrected chi connectivity index (χ2v) is 12.2. The van der Waals surface area contributed by atoms with E-state index in [4.69, 9.17) is 15.8 Å². The van der Waals surface area contributed by atoms with Crippen molar-refractivity contribution in [3.8, 4) is 0 Å². The molecule has 1 spiro atoms. The molecule has 1 atom stereocenters. The lowest BCUT2D eigenvalue weighted by atomic mass is 9.69. The van der Waals surface area contributed by atoms with Gasteiger partial charge in [0.25, 0.3) is 11.8 Å². The van der Waals surface area contributed by atoms with Crippen LogP contribution in [-0.2, 0) is 9.59 Å². The summed E-state index contributed by atoms with van der Waals surface area (Å²) >= 11 is 0. The van der Waals surface area contributed by atoms with Gasteiger partial charge in [-0.1, -0.05) is 45.0 Å². The number of aliphatic imine (C=N–C) groups is 2. The van der Waals surface area contributed by atoms with Crippen molar-refractivity contribution < 1.29 is 19.5 Å². The fraction of sp³-hybridized carbons (Fsp3) is 0.424. The third kappa shape index (κ3) is 6.78. The maximum atomic E-state index is 14.2. The molecule has 1 aliphatic heterocycles. The number of nitrogens with one attached hydrogen (secondary N) is 1.